The molecule has 1 N–H and O–H groups in total. The van der Waals surface area contributed by atoms with Gasteiger partial charge in [0.25, 0.3) is 5.91 Å². The van der Waals surface area contributed by atoms with Gasteiger partial charge >= 0.3 is 5.97 Å². The van der Waals surface area contributed by atoms with Crippen molar-refractivity contribution in [1.29, 1.82) is 5.26 Å². The summed E-state index contributed by atoms with van der Waals surface area (Å²) in [5.74, 6) is -0.748. The Hall–Kier alpha value is -2.96. The van der Waals surface area contributed by atoms with Crippen LogP contribution in [-0.2, 0) is 9.59 Å². The molecule has 1 aliphatic rings. The van der Waals surface area contributed by atoms with Crippen LogP contribution < -0.4 is 0 Å². The normalized spacial score (nSPS) is 15.1. The van der Waals surface area contributed by atoms with Crippen molar-refractivity contribution in [2.75, 3.05) is 6.54 Å². The number of carbonyl (C=O) groups excluding carboxylic acids is 1. The van der Waals surface area contributed by atoms with Crippen molar-refractivity contribution in [3.05, 3.63) is 52.4 Å². The van der Waals surface area contributed by atoms with Crippen molar-refractivity contribution < 1.29 is 23.5 Å². The van der Waals surface area contributed by atoms with Crippen LogP contribution in [0.3, 0.4) is 0 Å². The highest BCUT2D eigenvalue weighted by Crippen LogP contribution is 2.34. The molecule has 2 aromatic rings. The molecule has 2 heterocycles. The molecule has 0 spiro atoms. The molecule has 0 radical (unpaired) electrons. The Morgan fingerprint density at radius 2 is 2.10 bits per heavy atom. The summed E-state index contributed by atoms with van der Waals surface area (Å²) in [6, 6.07) is 9.29. The van der Waals surface area contributed by atoms with Crippen LogP contribution in [-0.4, -0.2) is 32.7 Å². The molecule has 0 atom stereocenters. The van der Waals surface area contributed by atoms with E-state index in [1.54, 1.807) is 24.3 Å². The summed E-state index contributed by atoms with van der Waals surface area (Å²) in [7, 11) is 0. The van der Waals surface area contributed by atoms with Crippen LogP contribution in [0.2, 0.25) is 0 Å². The number of carboxylic acids is 1. The topological polar surface area (TPSA) is 94.5 Å². The Balaban J connectivity index is 1.66. The number of thiocarbonyl (C=S) groups is 1. The molecule has 0 aliphatic carbocycles. The first-order valence-corrected chi connectivity index (χ1v) is 10.4. The summed E-state index contributed by atoms with van der Waals surface area (Å²) in [4.78, 5) is 25.1. The highest BCUT2D eigenvalue weighted by molar-refractivity contribution is 8.26. The molecule has 30 heavy (non-hydrogen) atoms. The van der Waals surface area contributed by atoms with E-state index in [1.165, 1.54) is 34.9 Å². The molecule has 0 bridgehead atoms. The van der Waals surface area contributed by atoms with E-state index in [0.717, 1.165) is 0 Å². The first-order chi connectivity index (χ1) is 14.4. The zero-order chi connectivity index (χ0) is 21.7. The maximum Gasteiger partial charge on any atom is 0.303 e. The number of hydrogen-bond acceptors (Lipinski definition) is 6. The summed E-state index contributed by atoms with van der Waals surface area (Å²) >= 11 is 6.47. The lowest BCUT2D eigenvalue weighted by atomic mass is 10.1. The second kappa shape index (κ2) is 9.69. The molecule has 1 aromatic heterocycles. The lowest BCUT2D eigenvalue weighted by Crippen LogP contribution is -2.29. The van der Waals surface area contributed by atoms with Gasteiger partial charge in [-0.05, 0) is 43.2 Å². The van der Waals surface area contributed by atoms with Crippen LogP contribution in [0.25, 0.3) is 17.4 Å². The molecule has 1 fully saturated rings. The van der Waals surface area contributed by atoms with E-state index in [0.29, 0.717) is 52.1 Å². The molecule has 1 saturated heterocycles. The standard InChI is InChI=1S/C21H17FN2O4S2/c22-16-7-5-13(10-14(16)12-23)17-8-6-15(28-17)11-18-20(27)24(21(29)30-18)9-3-1-2-4-19(25)26/h5-8,10-11H,1-4,9H2,(H,25,26). The van der Waals surface area contributed by atoms with E-state index < -0.39 is 11.8 Å². The number of amides is 1. The zero-order valence-corrected chi connectivity index (χ0v) is 17.4. The summed E-state index contributed by atoms with van der Waals surface area (Å²) in [6.45, 7) is 0.442. The van der Waals surface area contributed by atoms with Gasteiger partial charge in [-0.15, -0.1) is 0 Å². The number of nitriles is 1. The number of halogens is 1. The van der Waals surface area contributed by atoms with Gasteiger partial charge in [0.2, 0.25) is 0 Å². The minimum absolute atomic E-state index is 0.0744. The second-order valence-corrected chi connectivity index (χ2v) is 8.22. The minimum atomic E-state index is -0.828. The smallest absolute Gasteiger partial charge is 0.303 e. The number of benzene rings is 1. The van der Waals surface area contributed by atoms with Gasteiger partial charge in [0.05, 0.1) is 10.5 Å². The Morgan fingerprint density at radius 1 is 1.30 bits per heavy atom. The van der Waals surface area contributed by atoms with E-state index in [9.17, 15) is 14.0 Å². The third-order valence-electron chi connectivity index (χ3n) is 4.42. The van der Waals surface area contributed by atoms with Gasteiger partial charge in [-0.1, -0.05) is 30.4 Å². The van der Waals surface area contributed by atoms with Gasteiger partial charge in [-0.2, -0.15) is 5.26 Å². The van der Waals surface area contributed by atoms with E-state index in [1.807, 2.05) is 0 Å². The molecule has 6 nitrogen and oxygen atoms in total. The van der Waals surface area contributed by atoms with Gasteiger partial charge in [-0.3, -0.25) is 14.5 Å². The number of furan rings is 1. The third kappa shape index (κ3) is 5.14. The molecule has 154 valence electrons. The van der Waals surface area contributed by atoms with Gasteiger partial charge in [0, 0.05) is 24.6 Å². The summed E-state index contributed by atoms with van der Waals surface area (Å²) < 4.78 is 19.7. The number of hydrogen-bond donors (Lipinski definition) is 1. The lowest BCUT2D eigenvalue weighted by Gasteiger charge is -2.13. The number of rotatable bonds is 8. The number of nitrogens with zero attached hydrogens (tertiary/aromatic N) is 2. The minimum Gasteiger partial charge on any atom is -0.481 e. The predicted molar refractivity (Wildman–Crippen MR) is 115 cm³/mol. The van der Waals surface area contributed by atoms with E-state index >= 15 is 0 Å². The monoisotopic (exact) mass is 444 g/mol. The summed E-state index contributed by atoms with van der Waals surface area (Å²) in [6.07, 6.45) is 3.65. The number of thioether (sulfide) groups is 1. The van der Waals surface area contributed by atoms with Crippen LogP contribution in [0.4, 0.5) is 4.39 Å². The fourth-order valence-corrected chi connectivity index (χ4v) is 4.18. The average molecular weight is 445 g/mol. The second-order valence-electron chi connectivity index (χ2n) is 6.55. The summed E-state index contributed by atoms with van der Waals surface area (Å²) in [5, 5.41) is 17.6. The maximum atomic E-state index is 13.5. The average Bonchev–Trinajstić information content (AvgIpc) is 3.27. The first-order valence-electron chi connectivity index (χ1n) is 9.16. The van der Waals surface area contributed by atoms with Gasteiger partial charge < -0.3 is 9.52 Å². The highest BCUT2D eigenvalue weighted by atomic mass is 32.2. The van der Waals surface area contributed by atoms with E-state index in [-0.39, 0.29) is 17.9 Å². The van der Waals surface area contributed by atoms with E-state index in [2.05, 4.69) is 0 Å². The number of aliphatic carboxylic acids is 1. The van der Waals surface area contributed by atoms with Crippen molar-refractivity contribution in [3.8, 4) is 17.4 Å². The molecule has 3 rings (SSSR count). The molecular weight excluding hydrogens is 427 g/mol. The Morgan fingerprint density at radius 3 is 2.83 bits per heavy atom. The van der Waals surface area contributed by atoms with Crippen molar-refractivity contribution in [1.82, 2.24) is 4.90 Å². The van der Waals surface area contributed by atoms with Gasteiger partial charge in [-0.25, -0.2) is 4.39 Å². The molecule has 0 unspecified atom stereocenters. The van der Waals surface area contributed by atoms with Gasteiger partial charge in [0.1, 0.15) is 27.7 Å². The Labute approximate surface area is 182 Å². The van der Waals surface area contributed by atoms with E-state index in [4.69, 9.17) is 27.0 Å². The number of carbonyl (C=O) groups is 2. The van der Waals surface area contributed by atoms with Crippen molar-refractivity contribution in [2.45, 2.75) is 25.7 Å². The van der Waals surface area contributed by atoms with Crippen LogP contribution in [0.5, 0.6) is 0 Å². The Bertz CT molecular complexity index is 1070. The van der Waals surface area contributed by atoms with Crippen molar-refractivity contribution in [2.24, 2.45) is 0 Å². The molecular formula is C21H17FN2O4S2. The fourth-order valence-electron chi connectivity index (χ4n) is 2.89. The van der Waals surface area contributed by atoms with Crippen LogP contribution >= 0.6 is 24.0 Å². The highest BCUT2D eigenvalue weighted by Gasteiger charge is 2.31. The quantitative estimate of drug-likeness (QED) is 0.355. The lowest BCUT2D eigenvalue weighted by molar-refractivity contribution is -0.137. The van der Waals surface area contributed by atoms with Crippen LogP contribution in [0, 0.1) is 17.1 Å². The predicted octanol–water partition coefficient (Wildman–Crippen LogP) is 4.80. The van der Waals surface area contributed by atoms with Gasteiger partial charge in [0.15, 0.2) is 0 Å². The first kappa shape index (κ1) is 21.7. The summed E-state index contributed by atoms with van der Waals surface area (Å²) in [5.41, 5.74) is 0.483. The molecule has 1 aliphatic heterocycles. The fraction of sp³-hybridized carbons (Fsp3) is 0.238. The van der Waals surface area contributed by atoms with Crippen LogP contribution in [0.15, 0.2) is 39.7 Å². The van der Waals surface area contributed by atoms with Crippen molar-refractivity contribution >= 4 is 46.3 Å². The number of carboxylic acid groups (broad SMARTS) is 1. The molecule has 9 heteroatoms. The maximum absolute atomic E-state index is 13.5. The zero-order valence-electron chi connectivity index (χ0n) is 15.8. The number of unbranched alkanes of at least 4 members (excludes halogenated alkanes) is 2. The molecule has 1 aromatic carbocycles. The SMILES string of the molecule is N#Cc1cc(-c2ccc(C=C3SC(=S)N(CCCCCC(=O)O)C3=O)o2)ccc1F. The largest absolute Gasteiger partial charge is 0.481 e. The molecule has 0 saturated carbocycles. The molecule has 1 amide bonds. The third-order valence-corrected chi connectivity index (χ3v) is 5.80. The van der Waals surface area contributed by atoms with Crippen molar-refractivity contribution in [3.63, 3.8) is 0 Å². The Kier molecular flexibility index (Phi) is 7.03. The van der Waals surface area contributed by atoms with Crippen LogP contribution in [0.1, 0.15) is 37.0 Å².